The summed E-state index contributed by atoms with van der Waals surface area (Å²) in [6.07, 6.45) is 4.52. The molecule has 3 N–H and O–H groups in total. The lowest BCUT2D eigenvalue weighted by Crippen LogP contribution is -2.60. The number of H-pyrrole nitrogens is 2. The van der Waals surface area contributed by atoms with Crippen LogP contribution in [0.4, 0.5) is 10.6 Å². The Bertz CT molecular complexity index is 1150. The van der Waals surface area contributed by atoms with E-state index in [1.807, 2.05) is 22.8 Å². The minimum Gasteiger partial charge on any atom is -0.381 e. The van der Waals surface area contributed by atoms with Crippen LogP contribution in [0.2, 0.25) is 0 Å². The molecule has 1 saturated carbocycles. The smallest absolute Gasteiger partial charge is 0.321 e. The molecule has 4 aliphatic rings. The Morgan fingerprint density at radius 2 is 1.79 bits per heavy atom. The Balaban J connectivity index is 0.00000294. The molecule has 3 fully saturated rings. The second kappa shape index (κ2) is 10.7. The van der Waals surface area contributed by atoms with Crippen molar-refractivity contribution in [2.45, 2.75) is 84.5 Å². The Morgan fingerprint density at radius 3 is 2.53 bits per heavy atom. The van der Waals surface area contributed by atoms with Crippen LogP contribution in [0.15, 0.2) is 6.07 Å². The Hall–Kier alpha value is -2.92. The van der Waals surface area contributed by atoms with E-state index in [-0.39, 0.29) is 31.4 Å². The van der Waals surface area contributed by atoms with E-state index >= 15 is 0 Å². The van der Waals surface area contributed by atoms with Crippen LogP contribution in [0.1, 0.15) is 93.3 Å². The van der Waals surface area contributed by atoms with Gasteiger partial charge in [0.1, 0.15) is 0 Å². The zero-order valence-corrected chi connectivity index (χ0v) is 22.0. The molecule has 1 aliphatic carbocycles. The summed E-state index contributed by atoms with van der Waals surface area (Å²) in [7, 11) is 0. The van der Waals surface area contributed by atoms with E-state index in [2.05, 4.69) is 44.5 Å². The Morgan fingerprint density at radius 1 is 1.03 bits per heavy atom. The number of aromatic amines is 2. The van der Waals surface area contributed by atoms with Crippen LogP contribution in [0.5, 0.6) is 0 Å². The monoisotopic (exact) mass is 526 g/mol. The van der Waals surface area contributed by atoms with E-state index in [1.165, 1.54) is 0 Å². The van der Waals surface area contributed by atoms with Crippen molar-refractivity contribution in [2.75, 3.05) is 38.2 Å². The van der Waals surface area contributed by atoms with Crippen molar-refractivity contribution < 1.29 is 14.3 Å². The first-order chi connectivity index (χ1) is 17.9. The second-order valence-corrected chi connectivity index (χ2v) is 11.3. The van der Waals surface area contributed by atoms with Gasteiger partial charge in [-0.05, 0) is 58.4 Å². The van der Waals surface area contributed by atoms with Gasteiger partial charge in [-0.2, -0.15) is 10.2 Å². The SMILES string of the molecule is C.CC1c2[nH]nc(NC(=O)c3cc(C4CC4)[nH]n3)c2CN1C(=O)N1C[C@@H](C)N(CC2CCOCC2)C[C@@H]1C. The fourth-order valence-electron chi connectivity index (χ4n) is 6.06. The van der Waals surface area contributed by atoms with Crippen LogP contribution in [-0.4, -0.2) is 92.0 Å². The molecule has 3 aliphatic heterocycles. The Labute approximate surface area is 224 Å². The maximum atomic E-state index is 13.7. The average molecular weight is 527 g/mol. The molecule has 6 rings (SSSR count). The van der Waals surface area contributed by atoms with Gasteiger partial charge in [-0.25, -0.2) is 4.79 Å². The zero-order chi connectivity index (χ0) is 25.7. The van der Waals surface area contributed by atoms with Gasteiger partial charge in [0.15, 0.2) is 11.5 Å². The van der Waals surface area contributed by atoms with Crippen molar-refractivity contribution in [3.8, 4) is 0 Å². The average Bonchev–Trinajstić information content (AvgIpc) is 3.34. The highest BCUT2D eigenvalue weighted by Crippen LogP contribution is 2.39. The van der Waals surface area contributed by atoms with Crippen molar-refractivity contribution in [2.24, 2.45) is 5.92 Å². The van der Waals surface area contributed by atoms with Gasteiger partial charge in [0.05, 0.1) is 18.3 Å². The lowest BCUT2D eigenvalue weighted by Gasteiger charge is -2.46. The Kier molecular flexibility index (Phi) is 7.50. The molecule has 0 spiro atoms. The van der Waals surface area contributed by atoms with Crippen LogP contribution in [0, 0.1) is 5.92 Å². The number of urea groups is 1. The molecule has 3 atom stereocenters. The van der Waals surface area contributed by atoms with E-state index in [1.54, 1.807) is 0 Å². The molecule has 208 valence electrons. The third-order valence-corrected chi connectivity index (χ3v) is 8.63. The standard InChI is InChI=1S/C26H38N8O3.CH4/c1-15-12-33(16(2)11-32(15)13-18-6-8-37-9-7-18)26(36)34-14-20-23(17(34)3)30-31-24(20)27-25(35)22-10-21(28-29-22)19-4-5-19;/h10,15-19H,4-9,11-14H2,1-3H3,(H,28,29)(H2,27,30,31,35);1H4/t15-,16+,17?;/m1./s1. The van der Waals surface area contributed by atoms with Gasteiger partial charge in [0.25, 0.3) is 5.91 Å². The van der Waals surface area contributed by atoms with Crippen LogP contribution in [-0.2, 0) is 11.3 Å². The molecular weight excluding hydrogens is 484 g/mol. The van der Waals surface area contributed by atoms with Crippen molar-refractivity contribution in [3.05, 3.63) is 28.7 Å². The van der Waals surface area contributed by atoms with Gasteiger partial charge in [0.2, 0.25) is 0 Å². The summed E-state index contributed by atoms with van der Waals surface area (Å²) < 4.78 is 5.52. The summed E-state index contributed by atoms with van der Waals surface area (Å²) in [5.74, 6) is 1.36. The van der Waals surface area contributed by atoms with Crippen LogP contribution in [0.25, 0.3) is 0 Å². The third-order valence-electron chi connectivity index (χ3n) is 8.63. The number of hydrogen-bond acceptors (Lipinski definition) is 6. The van der Waals surface area contributed by atoms with E-state index in [4.69, 9.17) is 4.74 Å². The van der Waals surface area contributed by atoms with Crippen molar-refractivity contribution in [3.63, 3.8) is 0 Å². The summed E-state index contributed by atoms with van der Waals surface area (Å²) in [6, 6.07) is 2.16. The largest absolute Gasteiger partial charge is 0.381 e. The first kappa shape index (κ1) is 26.7. The molecular formula is C27H42N8O3. The zero-order valence-electron chi connectivity index (χ0n) is 22.0. The number of ether oxygens (including phenoxy) is 1. The normalized spacial score (nSPS) is 26.2. The number of carbonyl (C=O) groups is 2. The summed E-state index contributed by atoms with van der Waals surface area (Å²) in [6.45, 7) is 11.2. The molecule has 2 aromatic heterocycles. The molecule has 11 heteroatoms. The van der Waals surface area contributed by atoms with Gasteiger partial charge in [-0.3, -0.25) is 19.9 Å². The lowest BCUT2D eigenvalue weighted by molar-refractivity contribution is 0.0127. The highest BCUT2D eigenvalue weighted by Gasteiger charge is 2.41. The van der Waals surface area contributed by atoms with Crippen molar-refractivity contribution in [1.29, 1.82) is 0 Å². The first-order valence-corrected chi connectivity index (χ1v) is 13.7. The molecule has 3 amide bonds. The summed E-state index contributed by atoms with van der Waals surface area (Å²) in [4.78, 5) is 33.0. The quantitative estimate of drug-likeness (QED) is 0.546. The lowest BCUT2D eigenvalue weighted by atomic mass is 9.97. The number of carbonyl (C=O) groups excluding carboxylic acids is 2. The molecule has 1 unspecified atom stereocenters. The minimum atomic E-state index is -0.294. The molecule has 0 aromatic carbocycles. The van der Waals surface area contributed by atoms with E-state index in [0.29, 0.717) is 42.5 Å². The summed E-state index contributed by atoms with van der Waals surface area (Å²) >= 11 is 0. The van der Waals surface area contributed by atoms with Crippen LogP contribution < -0.4 is 5.32 Å². The van der Waals surface area contributed by atoms with Gasteiger partial charge in [-0.15, -0.1) is 0 Å². The van der Waals surface area contributed by atoms with Crippen LogP contribution >= 0.6 is 0 Å². The van der Waals surface area contributed by atoms with Gasteiger partial charge < -0.3 is 19.9 Å². The van der Waals surface area contributed by atoms with Crippen molar-refractivity contribution in [1.82, 2.24) is 35.1 Å². The third kappa shape index (κ3) is 5.05. The maximum absolute atomic E-state index is 13.7. The van der Waals surface area contributed by atoms with Gasteiger partial charge in [-0.1, -0.05) is 7.43 Å². The number of piperazine rings is 1. The van der Waals surface area contributed by atoms with Gasteiger partial charge >= 0.3 is 6.03 Å². The minimum absolute atomic E-state index is 0. The summed E-state index contributed by atoms with van der Waals surface area (Å²) in [5, 5.41) is 17.5. The molecule has 0 bridgehead atoms. The number of nitrogens with zero attached hydrogens (tertiary/aromatic N) is 5. The van der Waals surface area contributed by atoms with Gasteiger partial charge in [0, 0.05) is 62.1 Å². The van der Waals surface area contributed by atoms with E-state index < -0.39 is 0 Å². The fraction of sp³-hybridized carbons (Fsp3) is 0.704. The highest BCUT2D eigenvalue weighted by atomic mass is 16.5. The summed E-state index contributed by atoms with van der Waals surface area (Å²) in [5.41, 5.74) is 3.12. The number of fused-ring (bicyclic) bond motifs is 1. The van der Waals surface area contributed by atoms with Crippen LogP contribution in [0.3, 0.4) is 0 Å². The molecule has 11 nitrogen and oxygen atoms in total. The fourth-order valence-corrected chi connectivity index (χ4v) is 6.06. The van der Waals surface area contributed by atoms with Crippen molar-refractivity contribution >= 4 is 17.8 Å². The first-order valence-electron chi connectivity index (χ1n) is 13.7. The predicted octanol–water partition coefficient (Wildman–Crippen LogP) is 3.72. The number of aromatic nitrogens is 4. The maximum Gasteiger partial charge on any atom is 0.321 e. The number of amides is 3. The molecule has 0 radical (unpaired) electrons. The molecule has 5 heterocycles. The van der Waals surface area contributed by atoms with E-state index in [9.17, 15) is 9.59 Å². The number of rotatable bonds is 5. The molecule has 2 aromatic rings. The molecule has 2 saturated heterocycles. The predicted molar refractivity (Wildman–Crippen MR) is 144 cm³/mol. The van der Waals surface area contributed by atoms with E-state index in [0.717, 1.165) is 68.9 Å². The number of anilines is 1. The highest BCUT2D eigenvalue weighted by molar-refractivity contribution is 6.03. The second-order valence-electron chi connectivity index (χ2n) is 11.3. The molecule has 38 heavy (non-hydrogen) atoms. The number of nitrogens with one attached hydrogen (secondary N) is 3. The number of hydrogen-bond donors (Lipinski definition) is 3. The topological polar surface area (TPSA) is 122 Å².